The zero-order valence-electron chi connectivity index (χ0n) is 14.5. The molecule has 0 aromatic carbocycles. The maximum Gasteiger partial charge on any atom is 0.411 e. The molecule has 5 nitrogen and oxygen atoms in total. The van der Waals surface area contributed by atoms with E-state index in [4.69, 9.17) is 9.47 Å². The molecule has 1 amide bonds. The summed E-state index contributed by atoms with van der Waals surface area (Å²) in [5.41, 5.74) is -0.585. The molecule has 0 radical (unpaired) electrons. The van der Waals surface area contributed by atoms with E-state index in [-0.39, 0.29) is 5.97 Å². The molecule has 130 valence electrons. The second-order valence-electron chi connectivity index (χ2n) is 6.10. The van der Waals surface area contributed by atoms with Crippen molar-refractivity contribution in [2.24, 2.45) is 0 Å². The topological polar surface area (TPSA) is 55.8 Å². The van der Waals surface area contributed by atoms with Gasteiger partial charge in [0.1, 0.15) is 11.6 Å². The van der Waals surface area contributed by atoms with Crippen molar-refractivity contribution in [1.29, 1.82) is 0 Å². The van der Waals surface area contributed by atoms with Gasteiger partial charge in [0.2, 0.25) is 0 Å². The van der Waals surface area contributed by atoms with E-state index in [0.29, 0.717) is 19.6 Å². The number of amides is 1. The van der Waals surface area contributed by atoms with Crippen LogP contribution in [0.3, 0.4) is 0 Å². The van der Waals surface area contributed by atoms with Crippen molar-refractivity contribution in [3.8, 4) is 0 Å². The molecule has 0 saturated carbocycles. The molecule has 0 rings (SSSR count). The first-order valence-corrected chi connectivity index (χ1v) is 9.11. The average molecular weight is 380 g/mol. The third kappa shape index (κ3) is 8.61. The van der Waals surface area contributed by atoms with Crippen LogP contribution in [0.15, 0.2) is 0 Å². The van der Waals surface area contributed by atoms with E-state index in [9.17, 15) is 9.59 Å². The van der Waals surface area contributed by atoms with Gasteiger partial charge in [0.15, 0.2) is 0 Å². The molecule has 0 aromatic rings. The van der Waals surface area contributed by atoms with Gasteiger partial charge in [0.05, 0.1) is 6.61 Å². The Hall–Kier alpha value is -0.780. The van der Waals surface area contributed by atoms with Crippen LogP contribution in [-0.2, 0) is 14.3 Å². The Balaban J connectivity index is 4.95. The lowest BCUT2D eigenvalue weighted by molar-refractivity contribution is -0.149. The Labute approximate surface area is 142 Å². The van der Waals surface area contributed by atoms with Gasteiger partial charge in [-0.05, 0) is 47.0 Å². The fraction of sp³-hybridized carbons (Fsp3) is 0.875. The molecule has 0 heterocycles. The van der Waals surface area contributed by atoms with Crippen LogP contribution in [0.2, 0.25) is 0 Å². The molecular weight excluding hydrogens is 350 g/mol. The smallest absolute Gasteiger partial charge is 0.411 e. The number of rotatable bonds is 9. The number of esters is 1. The first kappa shape index (κ1) is 21.2. The fourth-order valence-electron chi connectivity index (χ4n) is 2.00. The van der Waals surface area contributed by atoms with Crippen molar-refractivity contribution >= 4 is 28.0 Å². The van der Waals surface area contributed by atoms with E-state index >= 15 is 0 Å². The highest BCUT2D eigenvalue weighted by Crippen LogP contribution is 2.16. The standard InChI is InChI=1S/C16H30BrNO4/c1-6-13(14(19)21-7-2)18(12-10-8-9-11-17)15(20)22-16(3,4)5/h13H,6-12H2,1-5H3/t13-/m0/s1. The normalized spacial score (nSPS) is 12.6. The van der Waals surface area contributed by atoms with Gasteiger partial charge in [-0.25, -0.2) is 9.59 Å². The summed E-state index contributed by atoms with van der Waals surface area (Å²) in [6.07, 6.45) is 2.92. The van der Waals surface area contributed by atoms with Crippen molar-refractivity contribution in [3.63, 3.8) is 0 Å². The number of halogens is 1. The average Bonchev–Trinajstić information content (AvgIpc) is 2.40. The van der Waals surface area contributed by atoms with Crippen molar-refractivity contribution < 1.29 is 19.1 Å². The summed E-state index contributed by atoms with van der Waals surface area (Å²) in [6.45, 7) is 9.90. The molecule has 0 spiro atoms. The quantitative estimate of drug-likeness (QED) is 0.343. The Morgan fingerprint density at radius 1 is 1.14 bits per heavy atom. The third-order valence-corrected chi connectivity index (χ3v) is 3.54. The summed E-state index contributed by atoms with van der Waals surface area (Å²) in [7, 11) is 0. The molecule has 0 aromatic heterocycles. The lowest BCUT2D eigenvalue weighted by Crippen LogP contribution is -2.48. The monoisotopic (exact) mass is 379 g/mol. The maximum atomic E-state index is 12.4. The third-order valence-electron chi connectivity index (χ3n) is 2.98. The summed E-state index contributed by atoms with van der Waals surface area (Å²) < 4.78 is 10.5. The lowest BCUT2D eigenvalue weighted by atomic mass is 10.1. The summed E-state index contributed by atoms with van der Waals surface area (Å²) in [4.78, 5) is 26.0. The fourth-order valence-corrected chi connectivity index (χ4v) is 2.40. The van der Waals surface area contributed by atoms with Crippen LogP contribution < -0.4 is 0 Å². The van der Waals surface area contributed by atoms with E-state index in [1.807, 2.05) is 27.7 Å². The van der Waals surface area contributed by atoms with E-state index in [1.54, 1.807) is 6.92 Å². The number of hydrogen-bond donors (Lipinski definition) is 0. The Morgan fingerprint density at radius 2 is 1.77 bits per heavy atom. The summed E-state index contributed by atoms with van der Waals surface area (Å²) in [5.74, 6) is -0.364. The predicted octanol–water partition coefficient (Wildman–Crippen LogP) is 4.13. The maximum absolute atomic E-state index is 12.4. The molecule has 0 bridgehead atoms. The highest BCUT2D eigenvalue weighted by atomic mass is 79.9. The molecule has 6 heteroatoms. The van der Waals surface area contributed by atoms with Crippen LogP contribution in [0.25, 0.3) is 0 Å². The summed E-state index contributed by atoms with van der Waals surface area (Å²) in [5, 5.41) is 0.939. The molecule has 0 aliphatic carbocycles. The van der Waals surface area contributed by atoms with Gasteiger partial charge in [0.25, 0.3) is 0 Å². The highest BCUT2D eigenvalue weighted by molar-refractivity contribution is 9.09. The number of nitrogens with zero attached hydrogens (tertiary/aromatic N) is 1. The molecule has 0 fully saturated rings. The zero-order chi connectivity index (χ0) is 17.2. The number of carbonyl (C=O) groups is 2. The number of ether oxygens (including phenoxy) is 2. The molecule has 0 aliphatic heterocycles. The number of alkyl halides is 1. The molecule has 0 N–H and O–H groups in total. The highest BCUT2D eigenvalue weighted by Gasteiger charge is 2.32. The lowest BCUT2D eigenvalue weighted by Gasteiger charge is -2.32. The Morgan fingerprint density at radius 3 is 2.23 bits per heavy atom. The van der Waals surface area contributed by atoms with Crippen LogP contribution in [0.5, 0.6) is 0 Å². The Kier molecular flexibility index (Phi) is 10.5. The number of carbonyl (C=O) groups excluding carboxylic acids is 2. The molecule has 1 atom stereocenters. The summed E-state index contributed by atoms with van der Waals surface area (Å²) in [6, 6.07) is -0.584. The van der Waals surface area contributed by atoms with Gasteiger partial charge in [0, 0.05) is 11.9 Å². The van der Waals surface area contributed by atoms with Crippen molar-refractivity contribution in [1.82, 2.24) is 4.90 Å². The first-order valence-electron chi connectivity index (χ1n) is 7.99. The van der Waals surface area contributed by atoms with Crippen LogP contribution in [0.4, 0.5) is 4.79 Å². The molecule has 0 aliphatic rings. The minimum atomic E-state index is -0.585. The van der Waals surface area contributed by atoms with Gasteiger partial charge in [-0.15, -0.1) is 0 Å². The van der Waals surface area contributed by atoms with E-state index in [1.165, 1.54) is 4.90 Å². The van der Waals surface area contributed by atoms with E-state index in [2.05, 4.69) is 15.9 Å². The minimum absolute atomic E-state index is 0.307. The Bertz CT molecular complexity index is 342. The van der Waals surface area contributed by atoms with E-state index < -0.39 is 17.7 Å². The molecular formula is C16H30BrNO4. The van der Waals surface area contributed by atoms with Gasteiger partial charge >= 0.3 is 12.1 Å². The molecule has 0 saturated heterocycles. The van der Waals surface area contributed by atoms with E-state index in [0.717, 1.165) is 24.6 Å². The SMILES string of the molecule is CCOC(=O)[C@H](CC)N(CCCCCBr)C(=O)OC(C)(C)C. The van der Waals surface area contributed by atoms with Gasteiger partial charge in [-0.1, -0.05) is 29.3 Å². The van der Waals surface area contributed by atoms with Gasteiger partial charge in [-0.2, -0.15) is 0 Å². The van der Waals surface area contributed by atoms with Crippen LogP contribution in [0, 0.1) is 0 Å². The van der Waals surface area contributed by atoms with Crippen molar-refractivity contribution in [2.75, 3.05) is 18.5 Å². The predicted molar refractivity (Wildman–Crippen MR) is 91.3 cm³/mol. The van der Waals surface area contributed by atoms with Gasteiger partial charge < -0.3 is 9.47 Å². The van der Waals surface area contributed by atoms with Crippen LogP contribution >= 0.6 is 15.9 Å². The largest absolute Gasteiger partial charge is 0.464 e. The van der Waals surface area contributed by atoms with Crippen LogP contribution in [0.1, 0.15) is 60.3 Å². The zero-order valence-corrected chi connectivity index (χ0v) is 16.1. The second-order valence-corrected chi connectivity index (χ2v) is 6.89. The first-order chi connectivity index (χ1) is 10.3. The van der Waals surface area contributed by atoms with Gasteiger partial charge in [-0.3, -0.25) is 4.90 Å². The molecule has 22 heavy (non-hydrogen) atoms. The number of hydrogen-bond acceptors (Lipinski definition) is 4. The van der Waals surface area contributed by atoms with Crippen LogP contribution in [-0.4, -0.2) is 47.1 Å². The van der Waals surface area contributed by atoms with Crippen molar-refractivity contribution in [2.45, 2.75) is 71.9 Å². The molecule has 0 unspecified atom stereocenters. The summed E-state index contributed by atoms with van der Waals surface area (Å²) >= 11 is 3.39. The minimum Gasteiger partial charge on any atom is -0.464 e. The number of unbranched alkanes of at least 4 members (excludes halogenated alkanes) is 2. The second kappa shape index (κ2) is 10.9. The van der Waals surface area contributed by atoms with Crippen molar-refractivity contribution in [3.05, 3.63) is 0 Å².